The quantitative estimate of drug-likeness (QED) is 0.896. The van der Waals surface area contributed by atoms with Gasteiger partial charge in [-0.15, -0.1) is 12.4 Å². The number of aromatic hydroxyl groups is 1. The maximum absolute atomic E-state index is 9.61. The molecular formula is C14H20ClNO2. The molecule has 18 heavy (non-hydrogen) atoms. The molecule has 0 spiro atoms. The lowest BCUT2D eigenvalue weighted by atomic mass is 9.89. The van der Waals surface area contributed by atoms with E-state index in [1.807, 2.05) is 12.1 Å². The SMILES string of the molecule is CCCN1CCC2c3cc(O)ccc3OCC21.Cl. The molecule has 1 aromatic rings. The summed E-state index contributed by atoms with van der Waals surface area (Å²) in [6.45, 7) is 5.32. The van der Waals surface area contributed by atoms with Gasteiger partial charge in [0.2, 0.25) is 0 Å². The summed E-state index contributed by atoms with van der Waals surface area (Å²) < 4.78 is 5.82. The Balaban J connectivity index is 0.00000120. The molecule has 2 unspecified atom stereocenters. The van der Waals surface area contributed by atoms with E-state index in [4.69, 9.17) is 4.74 Å². The Labute approximate surface area is 114 Å². The first-order valence-corrected chi connectivity index (χ1v) is 6.49. The largest absolute Gasteiger partial charge is 0.508 e. The summed E-state index contributed by atoms with van der Waals surface area (Å²) in [7, 11) is 0. The van der Waals surface area contributed by atoms with Crippen LogP contribution in [0.25, 0.3) is 0 Å². The standard InChI is InChI=1S/C14H19NO2.ClH/c1-2-6-15-7-5-11-12-8-10(16)3-4-14(12)17-9-13(11)15;/h3-4,8,11,13,16H,2,5-7,9H2,1H3;1H. The summed E-state index contributed by atoms with van der Waals surface area (Å²) in [5, 5.41) is 9.61. The number of fused-ring (bicyclic) bond motifs is 3. The van der Waals surface area contributed by atoms with Crippen molar-refractivity contribution in [1.29, 1.82) is 0 Å². The van der Waals surface area contributed by atoms with E-state index in [0.717, 1.165) is 25.4 Å². The van der Waals surface area contributed by atoms with Gasteiger partial charge in [-0.05, 0) is 44.1 Å². The lowest BCUT2D eigenvalue weighted by Gasteiger charge is -2.33. The van der Waals surface area contributed by atoms with Crippen LogP contribution in [0.4, 0.5) is 0 Å². The van der Waals surface area contributed by atoms with Gasteiger partial charge in [0.05, 0.1) is 6.04 Å². The van der Waals surface area contributed by atoms with Crippen LogP contribution in [-0.2, 0) is 0 Å². The Morgan fingerprint density at radius 3 is 3.06 bits per heavy atom. The van der Waals surface area contributed by atoms with Gasteiger partial charge in [0.1, 0.15) is 18.1 Å². The van der Waals surface area contributed by atoms with Crippen molar-refractivity contribution in [2.75, 3.05) is 19.7 Å². The van der Waals surface area contributed by atoms with Gasteiger partial charge in [-0.25, -0.2) is 0 Å². The fraction of sp³-hybridized carbons (Fsp3) is 0.571. The minimum atomic E-state index is 0. The Bertz CT molecular complexity index is 424. The number of hydrogen-bond acceptors (Lipinski definition) is 3. The average Bonchev–Trinajstić information content (AvgIpc) is 2.73. The van der Waals surface area contributed by atoms with Gasteiger partial charge in [0.15, 0.2) is 0 Å². The van der Waals surface area contributed by atoms with E-state index in [2.05, 4.69) is 11.8 Å². The highest BCUT2D eigenvalue weighted by Crippen LogP contribution is 2.43. The maximum atomic E-state index is 9.61. The van der Waals surface area contributed by atoms with Crippen LogP contribution in [-0.4, -0.2) is 35.7 Å². The molecule has 1 N–H and O–H groups in total. The van der Waals surface area contributed by atoms with E-state index in [0.29, 0.717) is 17.7 Å². The molecule has 0 saturated carbocycles. The smallest absolute Gasteiger partial charge is 0.123 e. The third-order valence-corrected chi connectivity index (χ3v) is 3.97. The molecule has 3 rings (SSSR count). The van der Waals surface area contributed by atoms with Crippen molar-refractivity contribution in [2.24, 2.45) is 0 Å². The van der Waals surface area contributed by atoms with Crippen molar-refractivity contribution in [1.82, 2.24) is 4.90 Å². The first kappa shape index (κ1) is 13.5. The van der Waals surface area contributed by atoms with Gasteiger partial charge in [-0.3, -0.25) is 4.90 Å². The number of phenolic OH excluding ortho intramolecular Hbond substituents is 1. The number of benzene rings is 1. The van der Waals surface area contributed by atoms with Crippen LogP contribution in [0.5, 0.6) is 11.5 Å². The molecule has 2 aliphatic heterocycles. The first-order valence-electron chi connectivity index (χ1n) is 6.49. The number of halogens is 1. The topological polar surface area (TPSA) is 32.7 Å². The van der Waals surface area contributed by atoms with Crippen LogP contribution in [0.2, 0.25) is 0 Å². The minimum absolute atomic E-state index is 0. The number of hydrogen-bond donors (Lipinski definition) is 1. The van der Waals surface area contributed by atoms with Crippen LogP contribution in [0.1, 0.15) is 31.2 Å². The predicted molar refractivity (Wildman–Crippen MR) is 73.9 cm³/mol. The Morgan fingerprint density at radius 2 is 2.28 bits per heavy atom. The lowest BCUT2D eigenvalue weighted by molar-refractivity contribution is 0.147. The molecular weight excluding hydrogens is 250 g/mol. The van der Waals surface area contributed by atoms with Crippen LogP contribution in [0.15, 0.2) is 18.2 Å². The van der Waals surface area contributed by atoms with Crippen LogP contribution >= 0.6 is 12.4 Å². The van der Waals surface area contributed by atoms with Crippen molar-refractivity contribution >= 4 is 12.4 Å². The molecule has 0 bridgehead atoms. The molecule has 1 aromatic carbocycles. The lowest BCUT2D eigenvalue weighted by Crippen LogP contribution is -2.39. The molecule has 1 saturated heterocycles. The van der Waals surface area contributed by atoms with Crippen LogP contribution in [0, 0.1) is 0 Å². The molecule has 0 radical (unpaired) electrons. The number of phenols is 1. The van der Waals surface area contributed by atoms with Gasteiger partial charge in [-0.1, -0.05) is 6.92 Å². The van der Waals surface area contributed by atoms with E-state index in [1.54, 1.807) is 6.07 Å². The maximum Gasteiger partial charge on any atom is 0.123 e. The van der Waals surface area contributed by atoms with Crippen molar-refractivity contribution in [3.05, 3.63) is 23.8 Å². The summed E-state index contributed by atoms with van der Waals surface area (Å²) in [5.41, 5.74) is 1.19. The second-order valence-corrected chi connectivity index (χ2v) is 5.03. The highest BCUT2D eigenvalue weighted by Gasteiger charge is 2.39. The van der Waals surface area contributed by atoms with Crippen LogP contribution < -0.4 is 4.74 Å². The molecule has 0 aliphatic carbocycles. The zero-order chi connectivity index (χ0) is 11.8. The van der Waals surface area contributed by atoms with Gasteiger partial charge < -0.3 is 9.84 Å². The second kappa shape index (κ2) is 5.37. The summed E-state index contributed by atoms with van der Waals surface area (Å²) in [6, 6.07) is 5.98. The molecule has 3 nitrogen and oxygen atoms in total. The van der Waals surface area contributed by atoms with Crippen molar-refractivity contribution in [2.45, 2.75) is 31.7 Å². The van der Waals surface area contributed by atoms with Crippen molar-refractivity contribution in [3.63, 3.8) is 0 Å². The summed E-state index contributed by atoms with van der Waals surface area (Å²) in [5.74, 6) is 1.85. The highest BCUT2D eigenvalue weighted by atomic mass is 35.5. The minimum Gasteiger partial charge on any atom is -0.508 e. The third-order valence-electron chi connectivity index (χ3n) is 3.97. The third kappa shape index (κ3) is 2.17. The zero-order valence-electron chi connectivity index (χ0n) is 10.6. The molecule has 2 heterocycles. The molecule has 2 aliphatic rings. The predicted octanol–water partition coefficient (Wildman–Crippen LogP) is 2.77. The average molecular weight is 270 g/mol. The fourth-order valence-electron chi connectivity index (χ4n) is 3.20. The number of rotatable bonds is 2. The monoisotopic (exact) mass is 269 g/mol. The highest BCUT2D eigenvalue weighted by molar-refractivity contribution is 5.85. The van der Waals surface area contributed by atoms with Gasteiger partial charge in [0, 0.05) is 11.5 Å². The molecule has 2 atom stereocenters. The van der Waals surface area contributed by atoms with E-state index in [9.17, 15) is 5.11 Å². The summed E-state index contributed by atoms with van der Waals surface area (Å²) in [4.78, 5) is 2.53. The normalized spacial score (nSPS) is 25.8. The fourth-order valence-corrected chi connectivity index (χ4v) is 3.20. The summed E-state index contributed by atoms with van der Waals surface area (Å²) in [6.07, 6.45) is 2.38. The second-order valence-electron chi connectivity index (χ2n) is 5.03. The van der Waals surface area contributed by atoms with Gasteiger partial charge in [0.25, 0.3) is 0 Å². The molecule has 0 aromatic heterocycles. The van der Waals surface area contributed by atoms with E-state index >= 15 is 0 Å². The first-order chi connectivity index (χ1) is 8.29. The molecule has 0 amide bonds. The number of ether oxygens (including phenoxy) is 1. The van der Waals surface area contributed by atoms with Gasteiger partial charge in [-0.2, -0.15) is 0 Å². The van der Waals surface area contributed by atoms with Crippen LogP contribution in [0.3, 0.4) is 0 Å². The van der Waals surface area contributed by atoms with E-state index in [1.165, 1.54) is 18.4 Å². The van der Waals surface area contributed by atoms with Gasteiger partial charge >= 0.3 is 0 Å². The Hall–Kier alpha value is -0.930. The Morgan fingerprint density at radius 1 is 1.44 bits per heavy atom. The summed E-state index contributed by atoms with van der Waals surface area (Å²) >= 11 is 0. The number of likely N-dealkylation sites (tertiary alicyclic amines) is 1. The molecule has 1 fully saturated rings. The van der Waals surface area contributed by atoms with Crippen molar-refractivity contribution in [3.8, 4) is 11.5 Å². The van der Waals surface area contributed by atoms with E-state index in [-0.39, 0.29) is 12.4 Å². The molecule has 4 heteroatoms. The molecule has 100 valence electrons. The Kier molecular flexibility index (Phi) is 4.03. The number of nitrogens with zero attached hydrogens (tertiary/aromatic N) is 1. The zero-order valence-corrected chi connectivity index (χ0v) is 11.4. The van der Waals surface area contributed by atoms with Crippen molar-refractivity contribution < 1.29 is 9.84 Å². The van der Waals surface area contributed by atoms with E-state index < -0.39 is 0 Å².